The predicted octanol–water partition coefficient (Wildman–Crippen LogP) is 12.7. The third-order valence-corrected chi connectivity index (χ3v) is 23.5. The van der Waals surface area contributed by atoms with E-state index in [4.69, 9.17) is 52.7 Å². The SMILES string of the molecule is CCOC(=O)C(C(=O)OCC)C(CC(=O)CCCCc1ccc2c(n1)NCCCC2)c1cnc(OC)nc1.CCOC(=O)CCCCc1ccc2c(n1)NCCCC2.COP(=O)(CC(=O)CCCCc1ccc2c(n1)NCCCC2)OC.COc1ncc(/C=C/C(=O)CCCCc2ccc3c(n2)NCCCC3)cn1.COc1ncc(C=O)cn1.[CH2-]P(=O)(OC)OC.[Li+]. The van der Waals surface area contributed by atoms with Crippen LogP contribution in [0, 0.1) is 12.6 Å². The number of Topliss-reactive ketones (excluding diaryl/α,β-unsaturated/α-hetero) is 2. The fourth-order valence-electron chi connectivity index (χ4n) is 13.5. The van der Waals surface area contributed by atoms with Crippen molar-refractivity contribution >= 4 is 86.1 Å². The topological polar surface area (TPSA) is 423 Å². The number of anilines is 4. The molecule has 0 fully saturated rings. The number of carbonyl (C=O) groups is 7. The van der Waals surface area contributed by atoms with E-state index in [0.29, 0.717) is 62.1 Å². The molecule has 4 aliphatic heterocycles. The van der Waals surface area contributed by atoms with Crippen LogP contribution in [0.1, 0.15) is 228 Å². The average molecular weight is 1790 g/mol. The maximum atomic E-state index is 13.1. The van der Waals surface area contributed by atoms with Gasteiger partial charge in [0.1, 0.15) is 41.0 Å². The van der Waals surface area contributed by atoms with E-state index in [0.717, 1.165) is 181 Å². The summed E-state index contributed by atoms with van der Waals surface area (Å²) >= 11 is 0. The van der Waals surface area contributed by atoms with Gasteiger partial charge < -0.3 is 67.8 Å². The van der Waals surface area contributed by atoms with Gasteiger partial charge in [-0.2, -0.15) is 0 Å². The molecule has 0 radical (unpaired) electrons. The third kappa shape index (κ3) is 41.4. The van der Waals surface area contributed by atoms with Crippen LogP contribution in [0.2, 0.25) is 0 Å². The van der Waals surface area contributed by atoms with E-state index in [1.807, 2.05) is 6.92 Å². The number of nitrogens with zero attached hydrogens (tertiary/aromatic N) is 10. The number of carbonyl (C=O) groups excluding carboxylic acids is 7. The number of aromatic nitrogens is 10. The van der Waals surface area contributed by atoms with E-state index in [9.17, 15) is 42.7 Å². The Morgan fingerprint density at radius 3 is 1.12 bits per heavy atom. The predicted molar refractivity (Wildman–Crippen MR) is 482 cm³/mol. The Hall–Kier alpha value is -9.83. The summed E-state index contributed by atoms with van der Waals surface area (Å²) in [5.41, 5.74) is 11.2. The van der Waals surface area contributed by atoms with Gasteiger partial charge in [-0.3, -0.25) is 42.7 Å². The Bertz CT molecular complexity index is 4560. The van der Waals surface area contributed by atoms with Gasteiger partial charge in [-0.05, 0) is 239 Å². The number of hydrogen-bond donors (Lipinski definition) is 4. The van der Waals surface area contributed by atoms with E-state index in [2.05, 4.69) is 120 Å². The van der Waals surface area contributed by atoms with Crippen LogP contribution in [0.3, 0.4) is 0 Å². The van der Waals surface area contributed by atoms with E-state index in [-0.39, 0.29) is 80.0 Å². The number of ketones is 3. The summed E-state index contributed by atoms with van der Waals surface area (Å²) in [6.07, 6.45) is 38.7. The molecule has 0 amide bonds. The molecular formula is C91H129LiN14O19P2. The molecule has 0 bridgehead atoms. The van der Waals surface area contributed by atoms with Crippen molar-refractivity contribution < 1.29 is 108 Å². The monoisotopic (exact) mass is 1790 g/mol. The van der Waals surface area contributed by atoms with E-state index in [1.54, 1.807) is 38.4 Å². The molecule has 127 heavy (non-hydrogen) atoms. The molecule has 7 aromatic rings. The van der Waals surface area contributed by atoms with E-state index >= 15 is 0 Å². The summed E-state index contributed by atoms with van der Waals surface area (Å²) < 4.78 is 70.4. The van der Waals surface area contributed by atoms with Crippen molar-refractivity contribution in [3.05, 3.63) is 160 Å². The van der Waals surface area contributed by atoms with Gasteiger partial charge >= 0.3 is 62.4 Å². The number of pyridine rings is 4. The summed E-state index contributed by atoms with van der Waals surface area (Å²) in [7, 11) is 3.47. The van der Waals surface area contributed by atoms with Crippen LogP contribution in [0.4, 0.5) is 23.3 Å². The molecule has 36 heteroatoms. The third-order valence-electron chi connectivity index (χ3n) is 20.5. The van der Waals surface area contributed by atoms with Crippen molar-refractivity contribution in [1.82, 2.24) is 49.8 Å². The first-order valence-electron chi connectivity index (χ1n) is 43.5. The van der Waals surface area contributed by atoms with Crippen LogP contribution in [0.15, 0.2) is 91.8 Å². The smallest absolute Gasteiger partial charge is 0.467 e. The molecular weight excluding hydrogens is 1660 g/mol. The molecule has 688 valence electrons. The number of methoxy groups -OCH3 is 3. The van der Waals surface area contributed by atoms with Crippen LogP contribution >= 0.6 is 15.2 Å². The van der Waals surface area contributed by atoms with Crippen molar-refractivity contribution in [3.8, 4) is 18.0 Å². The fourth-order valence-corrected chi connectivity index (χ4v) is 14.6. The molecule has 0 saturated heterocycles. The van der Waals surface area contributed by atoms with Crippen LogP contribution in [-0.2, 0) is 122 Å². The average Bonchev–Trinajstić information content (AvgIpc) is 1.50. The van der Waals surface area contributed by atoms with Gasteiger partial charge in [0.2, 0.25) is 0 Å². The first kappa shape index (κ1) is 108. The summed E-state index contributed by atoms with van der Waals surface area (Å²) in [4.78, 5) is 126. The zero-order valence-corrected chi connectivity index (χ0v) is 77.8. The minimum absolute atomic E-state index is 0. The molecule has 7 aromatic heterocycles. The zero-order chi connectivity index (χ0) is 91.2. The Morgan fingerprint density at radius 2 is 0.780 bits per heavy atom. The Labute approximate surface area is 760 Å². The second kappa shape index (κ2) is 61.6. The van der Waals surface area contributed by atoms with Crippen molar-refractivity contribution in [3.63, 3.8) is 0 Å². The molecule has 11 heterocycles. The zero-order valence-electron chi connectivity index (χ0n) is 76.0. The minimum Gasteiger partial charge on any atom is -0.467 e. The summed E-state index contributed by atoms with van der Waals surface area (Å²) in [6, 6.07) is 17.8. The molecule has 1 atom stereocenters. The van der Waals surface area contributed by atoms with Crippen LogP contribution < -0.4 is 54.3 Å². The van der Waals surface area contributed by atoms with Crippen molar-refractivity contribution in [1.29, 1.82) is 0 Å². The van der Waals surface area contributed by atoms with Gasteiger partial charge in [0, 0.05) is 158 Å². The molecule has 0 aliphatic carbocycles. The van der Waals surface area contributed by atoms with Crippen LogP contribution in [0.5, 0.6) is 18.0 Å². The number of unbranched alkanes of at least 4 members (excludes halogenated alkanes) is 4. The number of aldehydes is 1. The molecule has 1 unspecified atom stereocenters. The minimum atomic E-state index is -3.23. The molecule has 4 N–H and O–H groups in total. The maximum absolute atomic E-state index is 13.1. The van der Waals surface area contributed by atoms with Crippen molar-refractivity contribution in [2.45, 2.75) is 213 Å². The van der Waals surface area contributed by atoms with Gasteiger partial charge in [-0.15, -0.1) is 0 Å². The summed E-state index contributed by atoms with van der Waals surface area (Å²) in [6.45, 7) is 12.9. The number of hydrogen-bond acceptors (Lipinski definition) is 33. The Morgan fingerprint density at radius 1 is 0.433 bits per heavy atom. The fraction of sp³-hybridized carbons (Fsp3) is 0.538. The molecule has 0 aromatic carbocycles. The second-order valence-electron chi connectivity index (χ2n) is 29.8. The van der Waals surface area contributed by atoms with Gasteiger partial charge in [0.25, 0.3) is 0 Å². The Kier molecular flexibility index (Phi) is 52.2. The number of rotatable bonds is 41. The molecule has 0 saturated carbocycles. The number of ether oxygens (including phenoxy) is 6. The molecule has 11 rings (SSSR count). The number of aryl methyl sites for hydroxylation is 8. The van der Waals surface area contributed by atoms with Gasteiger partial charge in [-0.1, -0.05) is 24.3 Å². The first-order chi connectivity index (χ1) is 61.0. The largest absolute Gasteiger partial charge is 1.00 e. The van der Waals surface area contributed by atoms with Gasteiger partial charge in [0.05, 0.1) is 46.7 Å². The molecule has 33 nitrogen and oxygen atoms in total. The van der Waals surface area contributed by atoms with Gasteiger partial charge in [0.15, 0.2) is 25.6 Å². The van der Waals surface area contributed by atoms with Crippen LogP contribution in [-0.4, -0.2) is 193 Å². The van der Waals surface area contributed by atoms with E-state index < -0.39 is 39.0 Å². The maximum Gasteiger partial charge on any atom is 1.00 e. The summed E-state index contributed by atoms with van der Waals surface area (Å²) in [5, 5.41) is 13.6. The molecule has 0 spiro atoms. The summed E-state index contributed by atoms with van der Waals surface area (Å²) in [5.74, 6) is 0.384. The number of nitrogens with one attached hydrogen (secondary N) is 4. The quantitative estimate of drug-likeness (QED) is 0.00318. The normalized spacial score (nSPS) is 13.3. The van der Waals surface area contributed by atoms with Crippen molar-refractivity contribution in [2.24, 2.45) is 5.92 Å². The second-order valence-corrected chi connectivity index (χ2v) is 34.0. The standard InChI is InChI=1S/C28H38N4O6.C21H26N4O2.C17H27N2O4P.C16H24N2O2.C6H6N2O2.C3H8O3P.Li/c1-4-37-26(34)24(27(35)38-5-2)23(20-17-30-28(36-3)31-18-20)16-22(33)12-7-6-11-21-14-13-19-10-8-9-15-29-25(19)32-21;1-27-21-23-14-16(15-24-21)9-12-19(26)8-3-2-7-18-11-10-17-6-4-5-13-22-20(17)25-18;1-22-24(21,23-2)13-16(20)9-4-3-8-15-11-10-14-7-5-6-12-18-17(14)19-15;1-2-20-15(19)9-4-3-8-14-11-10-13-7-5-6-12-17-16(13)18-14;1-10-6-7-2-5(4-9)3-8-6;1-5-7(3,4)6-2;/h13-14,17-18,23-24H,4-12,15-16H2,1-3H3,(H,29,32);9-12,14-15H,2-8,13H2,1H3,(H,22,25);10-11H,3-9,12-13H2,1-2H3,(H,18,19);10-11H,2-9,12H2,1H3,(H,17,18);2-4H,1H3;3H2,1-2H3;/q;;;;;-1;+1/b;12-9+;;;;;. The number of fused-ring (bicyclic) bond motifs is 4. The Balaban J connectivity index is 0.000000287. The molecule has 4 aliphatic rings. The van der Waals surface area contributed by atoms with Crippen molar-refractivity contribution in [2.75, 3.05) is 123 Å². The first-order valence-corrected chi connectivity index (χ1v) is 46.9. The van der Waals surface area contributed by atoms with Gasteiger partial charge in [-0.25, -0.2) is 56.5 Å². The number of allylic oxidation sites excluding steroid dienone is 1. The van der Waals surface area contributed by atoms with E-state index in [1.165, 1.54) is 142 Å². The number of esters is 3. The van der Waals surface area contributed by atoms with Crippen LogP contribution in [0.25, 0.3) is 6.08 Å².